The average Bonchev–Trinajstić information content (AvgIpc) is 2.33. The van der Waals surface area contributed by atoms with E-state index in [1.54, 1.807) is 13.0 Å². The Hall–Kier alpha value is -1.59. The first-order valence-electron chi connectivity index (χ1n) is 6.24. The van der Waals surface area contributed by atoms with Crippen LogP contribution in [0.15, 0.2) is 12.1 Å². The number of aliphatic hydroxyl groups is 2. The monoisotopic (exact) mass is 266 g/mol. The first kappa shape index (κ1) is 13.8. The molecule has 0 bridgehead atoms. The molecule has 104 valence electrons. The Morgan fingerprint density at radius 1 is 1.47 bits per heavy atom. The highest BCUT2D eigenvalue weighted by Gasteiger charge is 2.35. The molecule has 0 unspecified atom stereocenters. The van der Waals surface area contributed by atoms with Crippen LogP contribution in [0.3, 0.4) is 0 Å². The molecule has 0 saturated carbocycles. The van der Waals surface area contributed by atoms with Crippen LogP contribution in [0.5, 0.6) is 11.5 Å². The zero-order valence-corrected chi connectivity index (χ0v) is 11.0. The minimum absolute atomic E-state index is 0.124. The SMILES string of the molecule is COc1cc(O)c2c(c1)[C@H](O)[C@H](C[C@H](C)O)CC2=O. The van der Waals surface area contributed by atoms with Gasteiger partial charge in [0.1, 0.15) is 11.5 Å². The lowest BCUT2D eigenvalue weighted by molar-refractivity contribution is 0.0488. The molecule has 0 heterocycles. The standard InChI is InChI=1S/C14H18O5/c1-7(15)3-8-4-11(16)13-10(14(8)18)5-9(19-2)6-12(13)17/h5-8,14-15,17-18H,3-4H2,1-2H3/t7-,8+,14+/m0/s1. The molecule has 2 rings (SSSR count). The van der Waals surface area contributed by atoms with Gasteiger partial charge in [0.2, 0.25) is 0 Å². The van der Waals surface area contributed by atoms with Gasteiger partial charge in [-0.1, -0.05) is 0 Å². The molecular weight excluding hydrogens is 248 g/mol. The fraction of sp³-hybridized carbons (Fsp3) is 0.500. The summed E-state index contributed by atoms with van der Waals surface area (Å²) >= 11 is 0. The molecule has 3 N–H and O–H groups in total. The Bertz CT molecular complexity index is 495. The van der Waals surface area contributed by atoms with Crippen LogP contribution < -0.4 is 4.74 Å². The Kier molecular flexibility index (Phi) is 3.78. The average molecular weight is 266 g/mol. The fourth-order valence-corrected chi connectivity index (χ4v) is 2.63. The van der Waals surface area contributed by atoms with E-state index in [4.69, 9.17) is 4.74 Å². The predicted octanol–water partition coefficient (Wildman–Crippen LogP) is 1.41. The quantitative estimate of drug-likeness (QED) is 0.770. The van der Waals surface area contributed by atoms with E-state index >= 15 is 0 Å². The Labute approximate surface area is 111 Å². The minimum Gasteiger partial charge on any atom is -0.507 e. The van der Waals surface area contributed by atoms with Crippen molar-refractivity contribution in [3.05, 3.63) is 23.3 Å². The van der Waals surface area contributed by atoms with E-state index in [2.05, 4.69) is 0 Å². The number of hydrogen-bond donors (Lipinski definition) is 3. The van der Waals surface area contributed by atoms with Crippen LogP contribution in [-0.2, 0) is 0 Å². The number of aromatic hydroxyl groups is 1. The highest BCUT2D eigenvalue weighted by Crippen LogP contribution is 2.42. The first-order chi connectivity index (χ1) is 8.93. The van der Waals surface area contributed by atoms with Crippen LogP contribution in [0.2, 0.25) is 0 Å². The molecule has 5 heteroatoms. The number of phenolic OH excluding ortho intramolecular Hbond substituents is 1. The molecule has 0 aromatic heterocycles. The van der Waals surface area contributed by atoms with Crippen LogP contribution in [0.1, 0.15) is 41.8 Å². The largest absolute Gasteiger partial charge is 0.507 e. The molecule has 0 radical (unpaired) electrons. The number of methoxy groups -OCH3 is 1. The molecule has 0 spiro atoms. The zero-order valence-electron chi connectivity index (χ0n) is 11.0. The Morgan fingerprint density at radius 2 is 2.16 bits per heavy atom. The van der Waals surface area contributed by atoms with Gasteiger partial charge in [-0.15, -0.1) is 0 Å². The molecule has 1 aliphatic rings. The van der Waals surface area contributed by atoms with Crippen molar-refractivity contribution in [3.8, 4) is 11.5 Å². The molecule has 0 amide bonds. The van der Waals surface area contributed by atoms with Crippen LogP contribution in [0.4, 0.5) is 0 Å². The number of rotatable bonds is 3. The summed E-state index contributed by atoms with van der Waals surface area (Å²) in [5, 5.41) is 29.6. The third-order valence-electron chi connectivity index (χ3n) is 3.49. The van der Waals surface area contributed by atoms with Crippen LogP contribution >= 0.6 is 0 Å². The molecular formula is C14H18O5. The molecule has 1 aromatic rings. The van der Waals surface area contributed by atoms with Gasteiger partial charge in [0.15, 0.2) is 5.78 Å². The van der Waals surface area contributed by atoms with E-state index < -0.39 is 12.2 Å². The summed E-state index contributed by atoms with van der Waals surface area (Å²) in [5.41, 5.74) is 0.536. The van der Waals surface area contributed by atoms with Crippen LogP contribution in [-0.4, -0.2) is 34.3 Å². The summed E-state index contributed by atoms with van der Waals surface area (Å²) in [7, 11) is 1.45. The van der Waals surface area contributed by atoms with Crippen molar-refractivity contribution in [1.29, 1.82) is 0 Å². The van der Waals surface area contributed by atoms with E-state index in [1.807, 2.05) is 0 Å². The van der Waals surface area contributed by atoms with Crippen molar-refractivity contribution in [1.82, 2.24) is 0 Å². The summed E-state index contributed by atoms with van der Waals surface area (Å²) in [6.45, 7) is 1.62. The summed E-state index contributed by atoms with van der Waals surface area (Å²) in [6, 6.07) is 2.92. The van der Waals surface area contributed by atoms with E-state index in [0.29, 0.717) is 17.7 Å². The fourth-order valence-electron chi connectivity index (χ4n) is 2.63. The number of Topliss-reactive ketones (excluding diaryl/α,β-unsaturated/α-hetero) is 1. The van der Waals surface area contributed by atoms with E-state index in [9.17, 15) is 20.1 Å². The molecule has 0 aliphatic heterocycles. The number of fused-ring (bicyclic) bond motifs is 1. The number of hydrogen-bond acceptors (Lipinski definition) is 5. The van der Waals surface area contributed by atoms with E-state index in [0.717, 1.165) is 0 Å². The maximum Gasteiger partial charge on any atom is 0.167 e. The van der Waals surface area contributed by atoms with Crippen molar-refractivity contribution in [2.45, 2.75) is 32.0 Å². The maximum absolute atomic E-state index is 12.0. The number of carbonyl (C=O) groups is 1. The molecule has 19 heavy (non-hydrogen) atoms. The van der Waals surface area contributed by atoms with Gasteiger partial charge in [-0.05, 0) is 30.9 Å². The number of benzene rings is 1. The van der Waals surface area contributed by atoms with Gasteiger partial charge in [-0.3, -0.25) is 4.79 Å². The molecule has 3 atom stereocenters. The smallest absolute Gasteiger partial charge is 0.167 e. The van der Waals surface area contributed by atoms with Crippen molar-refractivity contribution >= 4 is 5.78 Å². The zero-order chi connectivity index (χ0) is 14.2. The van der Waals surface area contributed by atoms with Crippen molar-refractivity contribution < 1.29 is 24.9 Å². The number of phenols is 1. The molecule has 1 aromatic carbocycles. The van der Waals surface area contributed by atoms with Crippen LogP contribution in [0.25, 0.3) is 0 Å². The molecule has 5 nitrogen and oxygen atoms in total. The second-order valence-electron chi connectivity index (χ2n) is 5.03. The highest BCUT2D eigenvalue weighted by atomic mass is 16.5. The summed E-state index contributed by atoms with van der Waals surface area (Å²) in [6.07, 6.45) is -1.01. The Balaban J connectivity index is 2.44. The topological polar surface area (TPSA) is 87.0 Å². The Morgan fingerprint density at radius 3 is 2.74 bits per heavy atom. The molecule has 0 saturated heterocycles. The highest BCUT2D eigenvalue weighted by molar-refractivity contribution is 6.01. The van der Waals surface area contributed by atoms with Gasteiger partial charge < -0.3 is 20.1 Å². The summed E-state index contributed by atoms with van der Waals surface area (Å²) in [5.74, 6) is -0.340. The van der Waals surface area contributed by atoms with Gasteiger partial charge in [0, 0.05) is 12.5 Å². The predicted molar refractivity (Wildman–Crippen MR) is 68.4 cm³/mol. The van der Waals surface area contributed by atoms with E-state index in [-0.39, 0.29) is 29.4 Å². The first-order valence-corrected chi connectivity index (χ1v) is 6.24. The lowest BCUT2D eigenvalue weighted by atomic mass is 9.78. The van der Waals surface area contributed by atoms with Gasteiger partial charge >= 0.3 is 0 Å². The normalized spacial score (nSPS) is 23.9. The minimum atomic E-state index is -0.886. The number of carbonyl (C=O) groups excluding carboxylic acids is 1. The second-order valence-corrected chi connectivity index (χ2v) is 5.03. The molecule has 0 fully saturated rings. The van der Waals surface area contributed by atoms with Gasteiger partial charge in [-0.25, -0.2) is 0 Å². The maximum atomic E-state index is 12.0. The molecule has 1 aliphatic carbocycles. The number of ketones is 1. The van der Waals surface area contributed by atoms with Gasteiger partial charge in [0.05, 0.1) is 24.9 Å². The number of aliphatic hydroxyl groups excluding tert-OH is 2. The summed E-state index contributed by atoms with van der Waals surface area (Å²) < 4.78 is 5.03. The lowest BCUT2D eigenvalue weighted by Gasteiger charge is -2.30. The van der Waals surface area contributed by atoms with Crippen molar-refractivity contribution in [2.24, 2.45) is 5.92 Å². The van der Waals surface area contributed by atoms with Crippen LogP contribution in [0, 0.1) is 5.92 Å². The van der Waals surface area contributed by atoms with Crippen molar-refractivity contribution in [3.63, 3.8) is 0 Å². The second kappa shape index (κ2) is 5.19. The third-order valence-corrected chi connectivity index (χ3v) is 3.49. The van der Waals surface area contributed by atoms with E-state index in [1.165, 1.54) is 13.2 Å². The van der Waals surface area contributed by atoms with Gasteiger partial charge in [0.25, 0.3) is 0 Å². The van der Waals surface area contributed by atoms with Crippen molar-refractivity contribution in [2.75, 3.05) is 7.11 Å². The number of ether oxygens (including phenoxy) is 1. The lowest BCUT2D eigenvalue weighted by Crippen LogP contribution is -2.27. The summed E-state index contributed by atoms with van der Waals surface area (Å²) in [4.78, 5) is 12.0. The van der Waals surface area contributed by atoms with Gasteiger partial charge in [-0.2, -0.15) is 0 Å². The third kappa shape index (κ3) is 2.57.